The summed E-state index contributed by atoms with van der Waals surface area (Å²) in [4.78, 5) is 0. The van der Waals surface area contributed by atoms with Crippen molar-refractivity contribution in [2.24, 2.45) is 11.3 Å². The summed E-state index contributed by atoms with van der Waals surface area (Å²) in [5.74, 6) is 0.984. The van der Waals surface area contributed by atoms with Crippen molar-refractivity contribution in [1.29, 1.82) is 0 Å². The highest BCUT2D eigenvalue weighted by atomic mass is 79.9. The Morgan fingerprint density at radius 2 is 2.05 bits per heavy atom. The van der Waals surface area contributed by atoms with Gasteiger partial charge in [0.2, 0.25) is 0 Å². The number of hydrogen-bond acceptors (Lipinski definition) is 1. The van der Waals surface area contributed by atoms with Crippen LogP contribution in [0.3, 0.4) is 0 Å². The van der Waals surface area contributed by atoms with Crippen molar-refractivity contribution in [2.75, 3.05) is 13.6 Å². The van der Waals surface area contributed by atoms with Gasteiger partial charge in [-0.2, -0.15) is 0 Å². The maximum absolute atomic E-state index is 3.61. The van der Waals surface area contributed by atoms with Crippen LogP contribution in [0.1, 0.15) is 57.4 Å². The molecule has 0 amide bonds. The van der Waals surface area contributed by atoms with Gasteiger partial charge in [0.1, 0.15) is 0 Å². The first-order valence-corrected chi connectivity index (χ1v) is 9.36. The topological polar surface area (TPSA) is 12.0 Å². The van der Waals surface area contributed by atoms with Crippen LogP contribution in [0.15, 0.2) is 28.7 Å². The van der Waals surface area contributed by atoms with Crippen LogP contribution in [0.5, 0.6) is 0 Å². The molecule has 21 heavy (non-hydrogen) atoms. The molecule has 118 valence electrons. The first-order chi connectivity index (χ1) is 10.2. The molecule has 0 saturated heterocycles. The van der Waals surface area contributed by atoms with E-state index >= 15 is 0 Å². The van der Waals surface area contributed by atoms with E-state index in [2.05, 4.69) is 59.5 Å². The van der Waals surface area contributed by atoms with Crippen LogP contribution >= 0.6 is 15.9 Å². The first kappa shape index (κ1) is 17.0. The predicted molar refractivity (Wildman–Crippen MR) is 95.7 cm³/mol. The van der Waals surface area contributed by atoms with E-state index in [9.17, 15) is 0 Å². The summed E-state index contributed by atoms with van der Waals surface area (Å²) in [6.45, 7) is 3.46. The normalized spacial score (nSPS) is 26.0. The lowest BCUT2D eigenvalue weighted by molar-refractivity contribution is 0.141. The summed E-state index contributed by atoms with van der Waals surface area (Å²) >= 11 is 3.61. The van der Waals surface area contributed by atoms with Gasteiger partial charge < -0.3 is 5.32 Å². The van der Waals surface area contributed by atoms with Crippen LogP contribution < -0.4 is 5.32 Å². The molecule has 0 aliphatic heterocycles. The highest BCUT2D eigenvalue weighted by molar-refractivity contribution is 9.10. The van der Waals surface area contributed by atoms with Gasteiger partial charge in [-0.1, -0.05) is 54.2 Å². The Morgan fingerprint density at radius 3 is 2.67 bits per heavy atom. The van der Waals surface area contributed by atoms with Crippen molar-refractivity contribution in [3.8, 4) is 0 Å². The van der Waals surface area contributed by atoms with Gasteiger partial charge in [0.25, 0.3) is 0 Å². The summed E-state index contributed by atoms with van der Waals surface area (Å²) in [5, 5.41) is 3.46. The molecule has 0 bridgehead atoms. The molecule has 1 aliphatic carbocycles. The van der Waals surface area contributed by atoms with Gasteiger partial charge in [-0.05, 0) is 68.2 Å². The van der Waals surface area contributed by atoms with Crippen LogP contribution in [0.2, 0.25) is 0 Å². The number of nitrogens with one attached hydrogen (secondary N) is 1. The number of benzene rings is 1. The molecule has 1 aliphatic rings. The Hall–Kier alpha value is -0.340. The van der Waals surface area contributed by atoms with Crippen LogP contribution in [0, 0.1) is 11.3 Å². The maximum Gasteiger partial charge on any atom is 0.0177 e. The lowest BCUT2D eigenvalue weighted by atomic mass is 9.66. The van der Waals surface area contributed by atoms with E-state index in [1.165, 1.54) is 61.4 Å². The van der Waals surface area contributed by atoms with Gasteiger partial charge in [-0.3, -0.25) is 0 Å². The second-order valence-electron chi connectivity index (χ2n) is 6.92. The fraction of sp³-hybridized carbons (Fsp3) is 0.684. The third kappa shape index (κ3) is 5.10. The highest BCUT2D eigenvalue weighted by Crippen LogP contribution is 2.42. The van der Waals surface area contributed by atoms with Crippen molar-refractivity contribution >= 4 is 15.9 Å². The lowest BCUT2D eigenvalue weighted by Gasteiger charge is -2.40. The molecule has 1 aromatic rings. The molecule has 1 N–H and O–H groups in total. The molecule has 1 aromatic carbocycles. The zero-order valence-electron chi connectivity index (χ0n) is 13.6. The average molecular weight is 352 g/mol. The molecule has 1 nitrogen and oxygen atoms in total. The van der Waals surface area contributed by atoms with Crippen LogP contribution in [0.4, 0.5) is 0 Å². The number of unbranched alkanes of at least 4 members (excludes halogenated alkanes) is 1. The van der Waals surface area contributed by atoms with Crippen LogP contribution in [-0.2, 0) is 6.42 Å². The van der Waals surface area contributed by atoms with Crippen molar-refractivity contribution in [1.82, 2.24) is 5.32 Å². The molecule has 1 fully saturated rings. The molecule has 2 heteroatoms. The van der Waals surface area contributed by atoms with Crippen molar-refractivity contribution in [3.05, 3.63) is 34.3 Å². The summed E-state index contributed by atoms with van der Waals surface area (Å²) in [6.07, 6.45) is 11.0. The first-order valence-electron chi connectivity index (χ1n) is 8.56. The highest BCUT2D eigenvalue weighted by Gasteiger charge is 2.34. The molecule has 0 aromatic heterocycles. The van der Waals surface area contributed by atoms with E-state index in [1.54, 1.807) is 0 Å². The molecule has 1 saturated carbocycles. The summed E-state index contributed by atoms with van der Waals surface area (Å²) in [5.41, 5.74) is 1.95. The van der Waals surface area contributed by atoms with Gasteiger partial charge in [0.15, 0.2) is 0 Å². The molecule has 2 rings (SSSR count). The van der Waals surface area contributed by atoms with E-state index in [0.717, 1.165) is 12.5 Å². The second-order valence-corrected chi connectivity index (χ2v) is 7.84. The van der Waals surface area contributed by atoms with Crippen LogP contribution in [0.25, 0.3) is 0 Å². The quantitative estimate of drug-likeness (QED) is 0.676. The van der Waals surface area contributed by atoms with Gasteiger partial charge in [0, 0.05) is 11.0 Å². The minimum absolute atomic E-state index is 0.470. The predicted octanol–water partition coefficient (Wildman–Crippen LogP) is 5.58. The molecular formula is C19H30BrN. The summed E-state index contributed by atoms with van der Waals surface area (Å²) in [6, 6.07) is 8.86. The van der Waals surface area contributed by atoms with Gasteiger partial charge in [0.05, 0.1) is 0 Å². The number of halogens is 1. The minimum Gasteiger partial charge on any atom is -0.319 e. The molecule has 0 heterocycles. The molecular weight excluding hydrogens is 322 g/mol. The monoisotopic (exact) mass is 351 g/mol. The fourth-order valence-corrected chi connectivity index (χ4v) is 4.39. The van der Waals surface area contributed by atoms with E-state index in [0.29, 0.717) is 5.41 Å². The smallest absolute Gasteiger partial charge is 0.0177 e. The van der Waals surface area contributed by atoms with E-state index in [4.69, 9.17) is 0 Å². The Bertz CT molecular complexity index is 421. The van der Waals surface area contributed by atoms with Crippen molar-refractivity contribution in [3.63, 3.8) is 0 Å². The van der Waals surface area contributed by atoms with E-state index < -0.39 is 0 Å². The number of hydrogen-bond donors (Lipinski definition) is 1. The molecule has 0 atom stereocenters. The Balaban J connectivity index is 1.98. The van der Waals surface area contributed by atoms with Crippen LogP contribution in [-0.4, -0.2) is 13.6 Å². The molecule has 0 radical (unpaired) electrons. The minimum atomic E-state index is 0.470. The lowest BCUT2D eigenvalue weighted by Crippen LogP contribution is -2.38. The van der Waals surface area contributed by atoms with E-state index in [1.807, 2.05) is 0 Å². The van der Waals surface area contributed by atoms with Gasteiger partial charge in [-0.15, -0.1) is 0 Å². The standard InChI is InChI=1S/C19H30BrN/c1-3-4-6-16-9-11-19(12-10-16,15-21-2)14-17-7-5-8-18(20)13-17/h5,7-8,13,16,21H,3-4,6,9-12,14-15H2,1-2H3. The van der Waals surface area contributed by atoms with Gasteiger partial charge >= 0.3 is 0 Å². The summed E-state index contributed by atoms with van der Waals surface area (Å²) < 4.78 is 1.20. The Kier molecular flexibility index (Phi) is 6.75. The number of rotatable bonds is 7. The maximum atomic E-state index is 3.61. The largest absolute Gasteiger partial charge is 0.319 e. The van der Waals surface area contributed by atoms with Crippen molar-refractivity contribution < 1.29 is 0 Å². The van der Waals surface area contributed by atoms with Crippen molar-refractivity contribution in [2.45, 2.75) is 58.3 Å². The van der Waals surface area contributed by atoms with E-state index in [-0.39, 0.29) is 0 Å². The second kappa shape index (κ2) is 8.33. The summed E-state index contributed by atoms with van der Waals surface area (Å²) in [7, 11) is 2.10. The zero-order chi connectivity index (χ0) is 15.1. The molecule has 0 spiro atoms. The molecule has 0 unspecified atom stereocenters. The average Bonchev–Trinajstić information content (AvgIpc) is 2.47. The Morgan fingerprint density at radius 1 is 1.29 bits per heavy atom. The zero-order valence-corrected chi connectivity index (χ0v) is 15.2. The van der Waals surface area contributed by atoms with Gasteiger partial charge in [-0.25, -0.2) is 0 Å². The third-order valence-corrected chi connectivity index (χ3v) is 5.64. The fourth-order valence-electron chi connectivity index (χ4n) is 3.94. The SMILES string of the molecule is CCCCC1CCC(CNC)(Cc2cccc(Br)c2)CC1. The Labute approximate surface area is 139 Å². The third-order valence-electron chi connectivity index (χ3n) is 5.15.